The minimum Gasteiger partial charge on any atom is -0.384 e. The van der Waals surface area contributed by atoms with Gasteiger partial charge in [-0.05, 0) is 33.7 Å². The Kier molecular flexibility index (Phi) is 4.58. The highest BCUT2D eigenvalue weighted by molar-refractivity contribution is 6.39. The van der Waals surface area contributed by atoms with Gasteiger partial charge in [0.1, 0.15) is 5.71 Å². The number of amides is 1. The maximum absolute atomic E-state index is 12.6. The van der Waals surface area contributed by atoms with Gasteiger partial charge in [-0.25, -0.2) is 0 Å². The van der Waals surface area contributed by atoms with E-state index in [0.29, 0.717) is 18.7 Å². The lowest BCUT2D eigenvalue weighted by molar-refractivity contribution is -0.115. The van der Waals surface area contributed by atoms with Gasteiger partial charge in [-0.3, -0.25) is 4.79 Å². The minimum atomic E-state index is -0.532. The summed E-state index contributed by atoms with van der Waals surface area (Å²) in [6.07, 6.45) is 5.32. The summed E-state index contributed by atoms with van der Waals surface area (Å²) in [6.45, 7) is 7.05. The molecule has 144 valence electrons. The van der Waals surface area contributed by atoms with Crippen molar-refractivity contribution in [3.05, 3.63) is 76.9 Å². The Morgan fingerprint density at radius 3 is 2.61 bits per heavy atom. The first kappa shape index (κ1) is 18.5. The fraction of sp³-hybridized carbons (Fsp3) is 0.333. The number of rotatable bonds is 3. The van der Waals surface area contributed by atoms with Crippen LogP contribution in [0.2, 0.25) is 0 Å². The molecule has 0 saturated carbocycles. The molecule has 2 aromatic carbocycles. The standard InChI is InChI=1S/C24H26N2O2/c1-23(2,3)20-10-8-17(9-11-20)16-25-22(27)21-15-24(28-26-21)13-12-18-6-4-5-7-19(18)14-24/h4-13H,14-16H2,1-3H3,(H,25,27). The van der Waals surface area contributed by atoms with Gasteiger partial charge in [0.2, 0.25) is 0 Å². The summed E-state index contributed by atoms with van der Waals surface area (Å²) in [5, 5.41) is 7.06. The molecule has 1 aliphatic heterocycles. The van der Waals surface area contributed by atoms with Gasteiger partial charge in [0.15, 0.2) is 5.60 Å². The zero-order valence-electron chi connectivity index (χ0n) is 16.7. The molecule has 1 spiro atoms. The normalized spacial score (nSPS) is 20.5. The quantitative estimate of drug-likeness (QED) is 0.866. The van der Waals surface area contributed by atoms with Crippen LogP contribution in [0.5, 0.6) is 0 Å². The fourth-order valence-corrected chi connectivity index (χ4v) is 3.69. The van der Waals surface area contributed by atoms with E-state index in [-0.39, 0.29) is 11.3 Å². The first-order valence-electron chi connectivity index (χ1n) is 9.75. The number of carbonyl (C=O) groups is 1. The second-order valence-corrected chi connectivity index (χ2v) is 8.71. The molecule has 0 fully saturated rings. The summed E-state index contributed by atoms with van der Waals surface area (Å²) < 4.78 is 0. The average molecular weight is 374 g/mol. The predicted octanol–water partition coefficient (Wildman–Crippen LogP) is 4.38. The molecule has 1 N–H and O–H groups in total. The highest BCUT2D eigenvalue weighted by atomic mass is 16.7. The minimum absolute atomic E-state index is 0.123. The largest absolute Gasteiger partial charge is 0.384 e. The molecule has 1 atom stereocenters. The molecular weight excluding hydrogens is 348 g/mol. The summed E-state index contributed by atoms with van der Waals surface area (Å²) in [6, 6.07) is 16.6. The molecule has 2 aromatic rings. The Morgan fingerprint density at radius 1 is 1.11 bits per heavy atom. The molecule has 0 bridgehead atoms. The van der Waals surface area contributed by atoms with Gasteiger partial charge in [0, 0.05) is 19.4 Å². The molecule has 1 aliphatic carbocycles. The Bertz CT molecular complexity index is 951. The zero-order chi connectivity index (χ0) is 19.8. The molecule has 1 amide bonds. The lowest BCUT2D eigenvalue weighted by Gasteiger charge is -2.27. The van der Waals surface area contributed by atoms with Crippen LogP contribution in [0.3, 0.4) is 0 Å². The van der Waals surface area contributed by atoms with Crippen molar-refractivity contribution in [2.75, 3.05) is 0 Å². The first-order valence-corrected chi connectivity index (χ1v) is 9.75. The third-order valence-electron chi connectivity index (χ3n) is 5.45. The molecule has 4 nitrogen and oxygen atoms in total. The van der Waals surface area contributed by atoms with E-state index in [2.05, 4.69) is 73.7 Å². The highest BCUT2D eigenvalue weighted by Gasteiger charge is 2.41. The molecule has 2 aliphatic rings. The molecule has 0 radical (unpaired) electrons. The van der Waals surface area contributed by atoms with E-state index in [0.717, 1.165) is 12.0 Å². The van der Waals surface area contributed by atoms with Crippen molar-refractivity contribution < 1.29 is 9.63 Å². The Balaban J connectivity index is 1.36. The smallest absolute Gasteiger partial charge is 0.269 e. The van der Waals surface area contributed by atoms with Crippen LogP contribution in [0.15, 0.2) is 59.8 Å². The molecule has 4 rings (SSSR count). The SMILES string of the molecule is CC(C)(C)c1ccc(CNC(=O)C2=NOC3(C=Cc4ccccc4C3)C2)cc1. The first-order chi connectivity index (χ1) is 13.3. The number of hydrogen-bond acceptors (Lipinski definition) is 3. The number of benzene rings is 2. The van der Waals surface area contributed by atoms with Crippen molar-refractivity contribution in [1.29, 1.82) is 0 Å². The molecular formula is C24H26N2O2. The van der Waals surface area contributed by atoms with Crippen molar-refractivity contribution in [2.24, 2.45) is 5.16 Å². The topological polar surface area (TPSA) is 50.7 Å². The Hall–Kier alpha value is -2.88. The maximum Gasteiger partial charge on any atom is 0.269 e. The number of carbonyl (C=O) groups excluding carboxylic acids is 1. The lowest BCUT2D eigenvalue weighted by atomic mass is 9.83. The van der Waals surface area contributed by atoms with Crippen LogP contribution in [0.4, 0.5) is 0 Å². The van der Waals surface area contributed by atoms with Crippen molar-refractivity contribution in [3.8, 4) is 0 Å². The van der Waals surface area contributed by atoms with E-state index in [1.165, 1.54) is 16.7 Å². The molecule has 0 aromatic heterocycles. The summed E-state index contributed by atoms with van der Waals surface area (Å²) in [4.78, 5) is 18.3. The summed E-state index contributed by atoms with van der Waals surface area (Å²) in [5.41, 5.74) is 4.82. The predicted molar refractivity (Wildman–Crippen MR) is 112 cm³/mol. The summed E-state index contributed by atoms with van der Waals surface area (Å²) in [7, 11) is 0. The van der Waals surface area contributed by atoms with Gasteiger partial charge in [0.25, 0.3) is 5.91 Å². The third-order valence-corrected chi connectivity index (χ3v) is 5.45. The Morgan fingerprint density at radius 2 is 1.86 bits per heavy atom. The zero-order valence-corrected chi connectivity index (χ0v) is 16.7. The van der Waals surface area contributed by atoms with Crippen molar-refractivity contribution in [1.82, 2.24) is 5.32 Å². The van der Waals surface area contributed by atoms with Crippen LogP contribution < -0.4 is 5.32 Å². The lowest BCUT2D eigenvalue weighted by Crippen LogP contribution is -2.36. The van der Waals surface area contributed by atoms with Crippen molar-refractivity contribution in [2.45, 2.75) is 51.2 Å². The van der Waals surface area contributed by atoms with Crippen LogP contribution in [-0.4, -0.2) is 17.2 Å². The summed E-state index contributed by atoms with van der Waals surface area (Å²) in [5.74, 6) is -0.163. The van der Waals surface area contributed by atoms with E-state index >= 15 is 0 Å². The molecule has 1 unspecified atom stereocenters. The number of nitrogens with zero attached hydrogens (tertiary/aromatic N) is 1. The van der Waals surface area contributed by atoms with Gasteiger partial charge < -0.3 is 10.2 Å². The van der Waals surface area contributed by atoms with Crippen molar-refractivity contribution >= 4 is 17.7 Å². The number of fused-ring (bicyclic) bond motifs is 1. The molecule has 0 saturated heterocycles. The second kappa shape index (κ2) is 6.93. The highest BCUT2D eigenvalue weighted by Crippen LogP contribution is 2.35. The van der Waals surface area contributed by atoms with Gasteiger partial charge in [-0.1, -0.05) is 80.5 Å². The summed E-state index contributed by atoms with van der Waals surface area (Å²) >= 11 is 0. The van der Waals surface area contributed by atoms with E-state index in [9.17, 15) is 4.79 Å². The average Bonchev–Trinajstić information content (AvgIpc) is 3.09. The molecule has 4 heteroatoms. The van der Waals surface area contributed by atoms with E-state index in [1.807, 2.05) is 18.2 Å². The van der Waals surface area contributed by atoms with E-state index in [1.54, 1.807) is 0 Å². The molecule has 1 heterocycles. The fourth-order valence-electron chi connectivity index (χ4n) is 3.69. The van der Waals surface area contributed by atoms with Crippen LogP contribution >= 0.6 is 0 Å². The third kappa shape index (κ3) is 3.72. The Labute approximate surface area is 166 Å². The van der Waals surface area contributed by atoms with Crippen LogP contribution in [0.1, 0.15) is 49.4 Å². The number of oxime groups is 1. The van der Waals surface area contributed by atoms with Crippen LogP contribution in [-0.2, 0) is 28.0 Å². The maximum atomic E-state index is 12.6. The van der Waals surface area contributed by atoms with Gasteiger partial charge in [-0.15, -0.1) is 0 Å². The second-order valence-electron chi connectivity index (χ2n) is 8.71. The van der Waals surface area contributed by atoms with Gasteiger partial charge in [0.05, 0.1) is 0 Å². The number of nitrogens with one attached hydrogen (secondary N) is 1. The monoisotopic (exact) mass is 374 g/mol. The van der Waals surface area contributed by atoms with Gasteiger partial charge >= 0.3 is 0 Å². The number of hydrogen-bond donors (Lipinski definition) is 1. The van der Waals surface area contributed by atoms with E-state index in [4.69, 9.17) is 4.84 Å². The molecule has 28 heavy (non-hydrogen) atoms. The van der Waals surface area contributed by atoms with Crippen LogP contribution in [0.25, 0.3) is 6.08 Å². The van der Waals surface area contributed by atoms with Crippen molar-refractivity contribution in [3.63, 3.8) is 0 Å². The van der Waals surface area contributed by atoms with E-state index < -0.39 is 5.60 Å². The van der Waals surface area contributed by atoms with Crippen LogP contribution in [0, 0.1) is 0 Å². The van der Waals surface area contributed by atoms with Gasteiger partial charge in [-0.2, -0.15) is 0 Å².